The molecule has 0 aromatic carbocycles. The fraction of sp³-hybridized carbons (Fsp3) is 0.500. The van der Waals surface area contributed by atoms with Gasteiger partial charge < -0.3 is 9.47 Å². The number of rotatable bonds is 3. The molecule has 1 aromatic rings. The van der Waals surface area contributed by atoms with Gasteiger partial charge in [0.1, 0.15) is 18.4 Å². The zero-order valence-electron chi connectivity index (χ0n) is 9.06. The van der Waals surface area contributed by atoms with Gasteiger partial charge in [0.2, 0.25) is 5.88 Å². The van der Waals surface area contributed by atoms with E-state index in [0.29, 0.717) is 18.2 Å². The van der Waals surface area contributed by atoms with Crippen LogP contribution in [0, 0.1) is 11.3 Å². The zero-order valence-corrected chi connectivity index (χ0v) is 9.06. The van der Waals surface area contributed by atoms with Crippen LogP contribution in [-0.4, -0.2) is 24.3 Å². The highest BCUT2D eigenvalue weighted by Gasteiger charge is 2.14. The largest absolute Gasteiger partial charge is 0.475 e. The van der Waals surface area contributed by atoms with E-state index in [0.717, 1.165) is 19.4 Å². The second-order valence-electron chi connectivity index (χ2n) is 3.77. The molecule has 0 aliphatic carbocycles. The normalized spacial score (nSPS) is 20.1. The molecule has 0 radical (unpaired) electrons. The van der Waals surface area contributed by atoms with Crippen molar-refractivity contribution in [3.8, 4) is 11.9 Å². The van der Waals surface area contributed by atoms with Gasteiger partial charge in [-0.05, 0) is 25.3 Å². The average Bonchev–Trinajstić information content (AvgIpc) is 2.38. The fourth-order valence-corrected chi connectivity index (χ4v) is 1.67. The molecule has 4 nitrogen and oxygen atoms in total. The number of aromatic nitrogens is 1. The molecule has 84 valence electrons. The maximum Gasteiger partial charge on any atom is 0.214 e. The molecule has 1 fully saturated rings. The smallest absolute Gasteiger partial charge is 0.214 e. The van der Waals surface area contributed by atoms with Gasteiger partial charge in [-0.2, -0.15) is 5.26 Å². The summed E-state index contributed by atoms with van der Waals surface area (Å²) in [4.78, 5) is 4.04. The maximum atomic E-state index is 8.69. The van der Waals surface area contributed by atoms with Crippen LogP contribution in [0.2, 0.25) is 0 Å². The molecule has 0 N–H and O–H groups in total. The summed E-state index contributed by atoms with van der Waals surface area (Å²) in [5, 5.41) is 8.69. The number of nitriles is 1. The monoisotopic (exact) mass is 218 g/mol. The van der Waals surface area contributed by atoms with E-state index in [1.165, 1.54) is 6.42 Å². The standard InChI is InChI=1S/C12H14N2O2/c13-8-10-4-3-6-12(14-10)16-9-11-5-1-2-7-15-11/h3-4,6,11H,1-2,5,7,9H2. The molecule has 0 saturated carbocycles. The van der Waals surface area contributed by atoms with Crippen molar-refractivity contribution in [2.75, 3.05) is 13.2 Å². The van der Waals surface area contributed by atoms with E-state index in [9.17, 15) is 0 Å². The quantitative estimate of drug-likeness (QED) is 0.777. The minimum Gasteiger partial charge on any atom is -0.475 e. The van der Waals surface area contributed by atoms with E-state index in [-0.39, 0.29) is 6.10 Å². The highest BCUT2D eigenvalue weighted by molar-refractivity contribution is 5.24. The number of ether oxygens (including phenoxy) is 2. The first-order valence-corrected chi connectivity index (χ1v) is 5.50. The predicted molar refractivity (Wildman–Crippen MR) is 58.0 cm³/mol. The minimum atomic E-state index is 0.168. The van der Waals surface area contributed by atoms with Gasteiger partial charge in [0, 0.05) is 12.7 Å². The Hall–Kier alpha value is -1.60. The first kappa shape index (κ1) is 10.9. The number of pyridine rings is 1. The Kier molecular flexibility index (Phi) is 3.73. The van der Waals surface area contributed by atoms with Gasteiger partial charge in [0.05, 0.1) is 6.10 Å². The molecule has 4 heteroatoms. The molecule has 1 aliphatic rings. The third-order valence-electron chi connectivity index (χ3n) is 2.53. The van der Waals surface area contributed by atoms with Crippen molar-refractivity contribution in [3.05, 3.63) is 23.9 Å². The Morgan fingerprint density at radius 2 is 2.44 bits per heavy atom. The molecule has 0 amide bonds. The Morgan fingerprint density at radius 1 is 1.50 bits per heavy atom. The molecule has 1 aromatic heterocycles. The summed E-state index contributed by atoms with van der Waals surface area (Å²) in [6, 6.07) is 7.16. The van der Waals surface area contributed by atoms with Crippen LogP contribution in [0.15, 0.2) is 18.2 Å². The topological polar surface area (TPSA) is 55.1 Å². The fourth-order valence-electron chi connectivity index (χ4n) is 1.67. The zero-order chi connectivity index (χ0) is 11.2. The molecular weight excluding hydrogens is 204 g/mol. The van der Waals surface area contributed by atoms with Gasteiger partial charge in [0.15, 0.2) is 0 Å². The van der Waals surface area contributed by atoms with Gasteiger partial charge in [-0.3, -0.25) is 0 Å². The van der Waals surface area contributed by atoms with Gasteiger partial charge in [-0.25, -0.2) is 4.98 Å². The van der Waals surface area contributed by atoms with Crippen molar-refractivity contribution in [1.29, 1.82) is 5.26 Å². The summed E-state index contributed by atoms with van der Waals surface area (Å²) >= 11 is 0. The van der Waals surface area contributed by atoms with Crippen molar-refractivity contribution in [1.82, 2.24) is 4.98 Å². The van der Waals surface area contributed by atoms with Crippen molar-refractivity contribution < 1.29 is 9.47 Å². The first-order valence-electron chi connectivity index (χ1n) is 5.50. The number of hydrogen-bond donors (Lipinski definition) is 0. The Balaban J connectivity index is 1.86. The van der Waals surface area contributed by atoms with Crippen molar-refractivity contribution in [2.24, 2.45) is 0 Å². The number of hydrogen-bond acceptors (Lipinski definition) is 4. The van der Waals surface area contributed by atoms with Crippen molar-refractivity contribution >= 4 is 0 Å². The van der Waals surface area contributed by atoms with Gasteiger partial charge in [-0.1, -0.05) is 6.07 Å². The molecule has 1 aliphatic heterocycles. The second-order valence-corrected chi connectivity index (χ2v) is 3.77. The lowest BCUT2D eigenvalue weighted by atomic mass is 10.1. The summed E-state index contributed by atoms with van der Waals surface area (Å²) in [5.74, 6) is 0.494. The van der Waals surface area contributed by atoms with Crippen LogP contribution in [0.5, 0.6) is 5.88 Å². The molecule has 0 spiro atoms. The summed E-state index contributed by atoms with van der Waals surface area (Å²) in [6.45, 7) is 1.33. The predicted octanol–water partition coefficient (Wildman–Crippen LogP) is 1.90. The van der Waals surface area contributed by atoms with Crippen LogP contribution in [-0.2, 0) is 4.74 Å². The van der Waals surface area contributed by atoms with E-state index in [1.54, 1.807) is 18.2 Å². The second kappa shape index (κ2) is 5.47. The van der Waals surface area contributed by atoms with E-state index in [4.69, 9.17) is 14.7 Å². The van der Waals surface area contributed by atoms with Crippen LogP contribution in [0.1, 0.15) is 25.0 Å². The van der Waals surface area contributed by atoms with Crippen LogP contribution >= 0.6 is 0 Å². The lowest BCUT2D eigenvalue weighted by Crippen LogP contribution is -2.26. The lowest BCUT2D eigenvalue weighted by molar-refractivity contribution is -0.0119. The highest BCUT2D eigenvalue weighted by atomic mass is 16.5. The van der Waals surface area contributed by atoms with Crippen LogP contribution in [0.25, 0.3) is 0 Å². The van der Waals surface area contributed by atoms with E-state index in [2.05, 4.69) is 4.98 Å². The van der Waals surface area contributed by atoms with Gasteiger partial charge in [0.25, 0.3) is 0 Å². The van der Waals surface area contributed by atoms with Crippen molar-refractivity contribution in [3.63, 3.8) is 0 Å². The Labute approximate surface area is 94.8 Å². The van der Waals surface area contributed by atoms with E-state index >= 15 is 0 Å². The molecule has 2 rings (SSSR count). The molecule has 1 unspecified atom stereocenters. The molecule has 0 bridgehead atoms. The summed E-state index contributed by atoms with van der Waals surface area (Å²) < 4.78 is 11.0. The molecule has 1 saturated heterocycles. The summed E-state index contributed by atoms with van der Waals surface area (Å²) in [7, 11) is 0. The van der Waals surface area contributed by atoms with Gasteiger partial charge in [-0.15, -0.1) is 0 Å². The van der Waals surface area contributed by atoms with Crippen LogP contribution in [0.3, 0.4) is 0 Å². The Morgan fingerprint density at radius 3 is 3.19 bits per heavy atom. The highest BCUT2D eigenvalue weighted by Crippen LogP contribution is 2.14. The first-order chi connectivity index (χ1) is 7.88. The van der Waals surface area contributed by atoms with E-state index < -0.39 is 0 Å². The Bertz CT molecular complexity index is 381. The molecular formula is C12H14N2O2. The van der Waals surface area contributed by atoms with Crippen molar-refractivity contribution in [2.45, 2.75) is 25.4 Å². The molecule has 16 heavy (non-hydrogen) atoms. The third kappa shape index (κ3) is 2.94. The van der Waals surface area contributed by atoms with Gasteiger partial charge >= 0.3 is 0 Å². The van der Waals surface area contributed by atoms with Crippen LogP contribution < -0.4 is 4.74 Å². The summed E-state index contributed by atoms with van der Waals surface area (Å²) in [6.07, 6.45) is 3.54. The van der Waals surface area contributed by atoms with E-state index in [1.807, 2.05) is 6.07 Å². The molecule has 2 heterocycles. The number of nitrogens with zero attached hydrogens (tertiary/aromatic N) is 2. The lowest BCUT2D eigenvalue weighted by Gasteiger charge is -2.22. The third-order valence-corrected chi connectivity index (χ3v) is 2.53. The summed E-state index contributed by atoms with van der Waals surface area (Å²) in [5.41, 5.74) is 0.377. The minimum absolute atomic E-state index is 0.168. The average molecular weight is 218 g/mol. The molecule has 1 atom stereocenters. The van der Waals surface area contributed by atoms with Crippen LogP contribution in [0.4, 0.5) is 0 Å². The SMILES string of the molecule is N#Cc1cccc(OCC2CCCCO2)n1. The maximum absolute atomic E-state index is 8.69.